The third kappa shape index (κ3) is 7.78. The van der Waals surface area contributed by atoms with Gasteiger partial charge in [-0.1, -0.05) is 33.6 Å². The summed E-state index contributed by atoms with van der Waals surface area (Å²) in [7, 11) is 0. The second-order valence-electron chi connectivity index (χ2n) is 8.07. The normalized spacial score (nSPS) is 13.3. The van der Waals surface area contributed by atoms with Crippen molar-refractivity contribution in [1.82, 2.24) is 19.5 Å². The number of ether oxygens (including phenoxy) is 2. The average molecular weight is 435 g/mol. The third-order valence-corrected chi connectivity index (χ3v) is 5.06. The molecule has 0 aromatic carbocycles. The van der Waals surface area contributed by atoms with Gasteiger partial charge < -0.3 is 25.5 Å². The first-order chi connectivity index (χ1) is 14.8. The molecule has 0 unspecified atom stereocenters. The zero-order chi connectivity index (χ0) is 22.8. The zero-order valence-corrected chi connectivity index (χ0v) is 18.6. The number of nitrogens with zero attached hydrogens (tertiary/aromatic N) is 4. The molecule has 0 aliphatic carbocycles. The maximum atomic E-state index is 12.0. The molecule has 172 valence electrons. The maximum absolute atomic E-state index is 12.0. The van der Waals surface area contributed by atoms with Crippen molar-refractivity contribution >= 4 is 29.1 Å². The minimum atomic E-state index is -0.660. The van der Waals surface area contributed by atoms with Gasteiger partial charge in [0.05, 0.1) is 25.7 Å². The lowest BCUT2D eigenvalue weighted by Crippen LogP contribution is -2.37. The van der Waals surface area contributed by atoms with Crippen molar-refractivity contribution < 1.29 is 19.1 Å². The van der Waals surface area contributed by atoms with E-state index >= 15 is 0 Å². The molecule has 31 heavy (non-hydrogen) atoms. The molecule has 0 bridgehead atoms. The summed E-state index contributed by atoms with van der Waals surface area (Å²) >= 11 is 0. The van der Waals surface area contributed by atoms with Crippen LogP contribution >= 0.6 is 0 Å². The van der Waals surface area contributed by atoms with Crippen molar-refractivity contribution in [3.05, 3.63) is 12.5 Å². The SMILES string of the molecule is CCCCCC(=O)OC[C@H](CCOC(=O)[C@@H](N)C(C)C)Cn1cnc2cnc(N)nc21. The number of hydrogen-bond donors (Lipinski definition) is 2. The molecular formula is C21H34N6O4. The summed E-state index contributed by atoms with van der Waals surface area (Å²) in [5, 5.41) is 0. The Morgan fingerprint density at radius 3 is 2.68 bits per heavy atom. The zero-order valence-electron chi connectivity index (χ0n) is 18.6. The number of unbranched alkanes of at least 4 members (excludes halogenated alkanes) is 2. The van der Waals surface area contributed by atoms with Crippen LogP contribution in [-0.4, -0.2) is 50.7 Å². The van der Waals surface area contributed by atoms with Crippen LogP contribution in [0, 0.1) is 11.8 Å². The van der Waals surface area contributed by atoms with Gasteiger partial charge in [-0.25, -0.2) is 9.97 Å². The molecule has 0 fully saturated rings. The third-order valence-electron chi connectivity index (χ3n) is 5.06. The van der Waals surface area contributed by atoms with Crippen molar-refractivity contribution in [3.63, 3.8) is 0 Å². The van der Waals surface area contributed by atoms with Crippen molar-refractivity contribution in [3.8, 4) is 0 Å². The van der Waals surface area contributed by atoms with Gasteiger partial charge >= 0.3 is 11.9 Å². The lowest BCUT2D eigenvalue weighted by atomic mass is 10.1. The second kappa shape index (κ2) is 12.2. The topological polar surface area (TPSA) is 148 Å². The lowest BCUT2D eigenvalue weighted by Gasteiger charge is -2.19. The number of aromatic nitrogens is 4. The number of rotatable bonds is 13. The van der Waals surface area contributed by atoms with Gasteiger partial charge in [0, 0.05) is 18.9 Å². The molecule has 10 heteroatoms. The molecule has 0 saturated heterocycles. The molecule has 4 N–H and O–H groups in total. The highest BCUT2D eigenvalue weighted by molar-refractivity contribution is 5.75. The number of esters is 2. The fraction of sp³-hybridized carbons (Fsp3) is 0.667. The molecule has 2 atom stereocenters. The molecule has 10 nitrogen and oxygen atoms in total. The van der Waals surface area contributed by atoms with Crippen LogP contribution in [0.4, 0.5) is 5.95 Å². The van der Waals surface area contributed by atoms with Gasteiger partial charge in [0.2, 0.25) is 5.95 Å². The monoisotopic (exact) mass is 434 g/mol. The maximum Gasteiger partial charge on any atom is 0.323 e. The van der Waals surface area contributed by atoms with Gasteiger partial charge in [-0.3, -0.25) is 9.59 Å². The fourth-order valence-electron chi connectivity index (χ4n) is 3.00. The summed E-state index contributed by atoms with van der Waals surface area (Å²) < 4.78 is 12.7. The number of carbonyl (C=O) groups excluding carboxylic acids is 2. The largest absolute Gasteiger partial charge is 0.465 e. The van der Waals surface area contributed by atoms with Crippen molar-refractivity contribution in [1.29, 1.82) is 0 Å². The van der Waals surface area contributed by atoms with Crippen LogP contribution < -0.4 is 11.5 Å². The van der Waals surface area contributed by atoms with Crippen molar-refractivity contribution in [2.45, 2.75) is 65.5 Å². The highest BCUT2D eigenvalue weighted by Gasteiger charge is 2.20. The number of imidazole rings is 1. The Morgan fingerprint density at radius 2 is 1.97 bits per heavy atom. The minimum absolute atomic E-state index is 0.00479. The fourth-order valence-corrected chi connectivity index (χ4v) is 3.00. The van der Waals surface area contributed by atoms with Gasteiger partial charge in [-0.15, -0.1) is 0 Å². The quantitative estimate of drug-likeness (QED) is 0.357. The average Bonchev–Trinajstić information content (AvgIpc) is 3.13. The Morgan fingerprint density at radius 1 is 1.19 bits per heavy atom. The number of hydrogen-bond acceptors (Lipinski definition) is 9. The van der Waals surface area contributed by atoms with Crippen LogP contribution in [-0.2, 0) is 25.6 Å². The summed E-state index contributed by atoms with van der Waals surface area (Å²) in [5.41, 5.74) is 12.8. The smallest absolute Gasteiger partial charge is 0.323 e. The van der Waals surface area contributed by atoms with Crippen molar-refractivity contribution in [2.24, 2.45) is 17.6 Å². The second-order valence-corrected chi connectivity index (χ2v) is 8.07. The molecule has 0 saturated carbocycles. The molecule has 0 amide bonds. The summed E-state index contributed by atoms with van der Waals surface area (Å²) in [5.74, 6) is -0.607. The van der Waals surface area contributed by atoms with Crippen LogP contribution in [0.1, 0.15) is 52.9 Å². The Kier molecular flexibility index (Phi) is 9.64. The predicted octanol–water partition coefficient (Wildman–Crippen LogP) is 2.06. The molecular weight excluding hydrogens is 400 g/mol. The van der Waals surface area contributed by atoms with E-state index in [0.717, 1.165) is 19.3 Å². The Bertz CT molecular complexity index is 854. The standard InChI is InChI=1S/C21H34N6O4/c1-4-5-6-7-17(28)31-12-15(8-9-30-20(29)18(22)14(2)3)11-27-13-25-16-10-24-21(23)26-19(16)27/h10,13-15,18H,4-9,11-12,22H2,1-3H3,(H2,23,24,26)/t15-,18+/m1/s1. The van der Waals surface area contributed by atoms with Crippen LogP contribution in [0.15, 0.2) is 12.5 Å². The molecule has 2 aromatic rings. The first-order valence-electron chi connectivity index (χ1n) is 10.8. The number of fused-ring (bicyclic) bond motifs is 1. The van der Waals surface area contributed by atoms with Crippen molar-refractivity contribution in [2.75, 3.05) is 18.9 Å². The summed E-state index contributed by atoms with van der Waals surface area (Å²) in [6.07, 6.45) is 6.95. The van der Waals surface area contributed by atoms with E-state index in [-0.39, 0.29) is 37.0 Å². The van der Waals surface area contributed by atoms with E-state index < -0.39 is 12.0 Å². The Balaban J connectivity index is 1.99. The van der Waals surface area contributed by atoms with E-state index in [0.29, 0.717) is 30.6 Å². The summed E-state index contributed by atoms with van der Waals surface area (Å²) in [4.78, 5) is 36.5. The van der Waals surface area contributed by atoms with Gasteiger partial charge in [-0.05, 0) is 18.8 Å². The molecule has 0 aliphatic rings. The van der Waals surface area contributed by atoms with Crippen LogP contribution in [0.3, 0.4) is 0 Å². The first kappa shape index (κ1) is 24.5. The first-order valence-corrected chi connectivity index (χ1v) is 10.8. The number of nitrogens with two attached hydrogens (primary N) is 2. The van der Waals surface area contributed by atoms with E-state index in [2.05, 4.69) is 21.9 Å². The lowest BCUT2D eigenvalue weighted by molar-refractivity contribution is -0.149. The van der Waals surface area contributed by atoms with E-state index in [1.807, 2.05) is 18.4 Å². The van der Waals surface area contributed by atoms with Gasteiger partial charge in [0.25, 0.3) is 0 Å². The number of anilines is 1. The molecule has 0 aliphatic heterocycles. The van der Waals surface area contributed by atoms with Crippen LogP contribution in [0.5, 0.6) is 0 Å². The van der Waals surface area contributed by atoms with E-state index in [4.69, 9.17) is 20.9 Å². The van der Waals surface area contributed by atoms with E-state index in [1.165, 1.54) is 0 Å². The minimum Gasteiger partial charge on any atom is -0.465 e. The number of carbonyl (C=O) groups is 2. The summed E-state index contributed by atoms with van der Waals surface area (Å²) in [6.45, 7) is 6.68. The highest BCUT2D eigenvalue weighted by atomic mass is 16.5. The van der Waals surface area contributed by atoms with Gasteiger partial charge in [-0.2, -0.15) is 4.98 Å². The van der Waals surface area contributed by atoms with Gasteiger partial charge in [0.15, 0.2) is 5.65 Å². The highest BCUT2D eigenvalue weighted by Crippen LogP contribution is 2.16. The predicted molar refractivity (Wildman–Crippen MR) is 117 cm³/mol. The molecule has 0 spiro atoms. The van der Waals surface area contributed by atoms with Gasteiger partial charge in [0.1, 0.15) is 11.6 Å². The number of nitrogen functional groups attached to an aromatic ring is 1. The Hall–Kier alpha value is -2.75. The summed E-state index contributed by atoms with van der Waals surface area (Å²) in [6, 6.07) is -0.660. The van der Waals surface area contributed by atoms with E-state index in [9.17, 15) is 9.59 Å². The molecule has 2 rings (SSSR count). The molecule has 2 aromatic heterocycles. The molecule has 0 radical (unpaired) electrons. The van der Waals surface area contributed by atoms with Crippen LogP contribution in [0.2, 0.25) is 0 Å². The Labute approximate surface area is 182 Å². The molecule has 2 heterocycles. The van der Waals surface area contributed by atoms with Crippen LogP contribution in [0.25, 0.3) is 11.2 Å². The van der Waals surface area contributed by atoms with E-state index in [1.54, 1.807) is 12.5 Å².